The van der Waals surface area contributed by atoms with E-state index >= 15 is 0 Å². The maximum atomic E-state index is 13.5. The van der Waals surface area contributed by atoms with E-state index in [4.69, 9.17) is 4.74 Å². The first-order valence-corrected chi connectivity index (χ1v) is 10.5. The van der Waals surface area contributed by atoms with Crippen LogP contribution in [0.1, 0.15) is 26.3 Å². The number of halogens is 1. The summed E-state index contributed by atoms with van der Waals surface area (Å²) in [5, 5.41) is 18.4. The number of rotatable bonds is 4. The third-order valence-corrected chi connectivity index (χ3v) is 5.30. The van der Waals surface area contributed by atoms with Gasteiger partial charge in [0.15, 0.2) is 11.8 Å². The fourth-order valence-corrected chi connectivity index (χ4v) is 3.46. The van der Waals surface area contributed by atoms with Gasteiger partial charge in [0, 0.05) is 31.7 Å². The van der Waals surface area contributed by atoms with E-state index in [1.807, 2.05) is 45.0 Å². The van der Waals surface area contributed by atoms with Crippen LogP contribution in [0.3, 0.4) is 0 Å². The average molecular weight is 445 g/mol. The molecule has 1 aromatic heterocycles. The number of aromatic nitrogens is 2. The Kier molecular flexibility index (Phi) is 5.72. The van der Waals surface area contributed by atoms with E-state index in [2.05, 4.69) is 5.10 Å². The lowest BCUT2D eigenvalue weighted by Crippen LogP contribution is -2.29. The summed E-state index contributed by atoms with van der Waals surface area (Å²) >= 11 is 0. The molecule has 6 nitrogen and oxygen atoms in total. The van der Waals surface area contributed by atoms with Crippen LogP contribution in [0.2, 0.25) is 0 Å². The summed E-state index contributed by atoms with van der Waals surface area (Å²) < 4.78 is 21.0. The number of hydrogen-bond acceptors (Lipinski definition) is 4. The molecule has 0 radical (unpaired) electrons. The predicted octanol–water partition coefficient (Wildman–Crippen LogP) is 4.93. The first-order valence-electron chi connectivity index (χ1n) is 10.5. The van der Waals surface area contributed by atoms with Gasteiger partial charge in [-0.25, -0.2) is 9.13 Å². The molecule has 0 fully saturated rings. The van der Waals surface area contributed by atoms with Crippen molar-refractivity contribution < 1.29 is 13.9 Å². The average Bonchev–Trinajstić information content (AvgIpc) is 2.79. The maximum absolute atomic E-state index is 13.5. The summed E-state index contributed by atoms with van der Waals surface area (Å²) in [6.07, 6.45) is 1.49. The summed E-state index contributed by atoms with van der Waals surface area (Å²) in [4.78, 5) is 13.2. The van der Waals surface area contributed by atoms with Gasteiger partial charge in [0.05, 0.1) is 29.4 Å². The Morgan fingerprint density at radius 2 is 1.70 bits per heavy atom. The summed E-state index contributed by atoms with van der Waals surface area (Å²) in [6, 6.07) is 18.2. The van der Waals surface area contributed by atoms with Crippen LogP contribution in [-0.4, -0.2) is 33.4 Å². The second-order valence-corrected chi connectivity index (χ2v) is 8.67. The summed E-state index contributed by atoms with van der Waals surface area (Å²) in [5.41, 5.74) is 1.37. The number of nitrogens with zero attached hydrogens (tertiary/aromatic N) is 3. The lowest BCUT2D eigenvalue weighted by Gasteiger charge is -2.19. The Morgan fingerprint density at radius 3 is 2.33 bits per heavy atom. The van der Waals surface area contributed by atoms with Crippen molar-refractivity contribution in [1.29, 1.82) is 0 Å². The van der Waals surface area contributed by atoms with Crippen molar-refractivity contribution in [1.82, 2.24) is 9.78 Å². The minimum Gasteiger partial charge on any atom is -0.623 e. The Morgan fingerprint density at radius 1 is 1.03 bits per heavy atom. The normalized spacial score (nSPS) is 12.2. The molecular formula is C26H24FN3O3. The Hall–Kier alpha value is -4.00. The van der Waals surface area contributed by atoms with Crippen LogP contribution >= 0.6 is 0 Å². The molecule has 0 unspecified atom stereocenters. The van der Waals surface area contributed by atoms with Crippen LogP contribution in [0.5, 0.6) is 5.75 Å². The molecule has 4 rings (SSSR count). The Labute approximate surface area is 190 Å². The molecule has 168 valence electrons. The fourth-order valence-electron chi connectivity index (χ4n) is 3.46. The lowest BCUT2D eigenvalue weighted by molar-refractivity contribution is -0.530. The molecule has 3 aromatic carbocycles. The molecule has 33 heavy (non-hydrogen) atoms. The third kappa shape index (κ3) is 4.35. The SMILES string of the molecule is COc1ccc(-c2nn(-c3ccc(F)cc3)c(=O)c3ccccc23)cc1C=[N+]([O-])C(C)(C)C. The molecule has 0 aliphatic rings. The van der Waals surface area contributed by atoms with Crippen LogP contribution in [0.4, 0.5) is 4.39 Å². The molecule has 0 aliphatic carbocycles. The first-order chi connectivity index (χ1) is 15.7. The topological polar surface area (TPSA) is 70.2 Å². The van der Waals surface area contributed by atoms with E-state index in [0.717, 1.165) is 4.74 Å². The van der Waals surface area contributed by atoms with Gasteiger partial charge in [-0.15, -0.1) is 0 Å². The van der Waals surface area contributed by atoms with E-state index in [-0.39, 0.29) is 5.56 Å². The summed E-state index contributed by atoms with van der Waals surface area (Å²) in [6.45, 7) is 5.46. The summed E-state index contributed by atoms with van der Waals surface area (Å²) in [7, 11) is 1.54. The van der Waals surface area contributed by atoms with Crippen LogP contribution in [0, 0.1) is 11.0 Å². The highest BCUT2D eigenvalue weighted by atomic mass is 19.1. The minimum atomic E-state index is -0.623. The van der Waals surface area contributed by atoms with Gasteiger partial charge in [-0.3, -0.25) is 4.79 Å². The van der Waals surface area contributed by atoms with E-state index in [1.54, 1.807) is 25.3 Å². The standard InChI is InChI=1S/C26H24FN3O3/c1-26(2,3)29(32)16-18-15-17(9-14-23(18)33-4)24-21-7-5-6-8-22(21)25(31)30(28-24)20-12-10-19(27)11-13-20/h5-16H,1-4H3. The fraction of sp³-hybridized carbons (Fsp3) is 0.192. The van der Waals surface area contributed by atoms with Gasteiger partial charge in [-0.1, -0.05) is 18.2 Å². The molecule has 0 bridgehead atoms. The number of hydroxylamine groups is 1. The molecule has 0 spiro atoms. The van der Waals surface area contributed by atoms with E-state index in [9.17, 15) is 14.4 Å². The number of benzene rings is 3. The van der Waals surface area contributed by atoms with Gasteiger partial charge in [0.2, 0.25) is 0 Å². The molecule has 0 atom stereocenters. The predicted molar refractivity (Wildman–Crippen MR) is 128 cm³/mol. The molecule has 4 aromatic rings. The van der Waals surface area contributed by atoms with Crippen LogP contribution < -0.4 is 10.3 Å². The van der Waals surface area contributed by atoms with Gasteiger partial charge < -0.3 is 9.94 Å². The second kappa shape index (κ2) is 8.50. The van der Waals surface area contributed by atoms with Gasteiger partial charge in [0.1, 0.15) is 11.6 Å². The van der Waals surface area contributed by atoms with Crippen LogP contribution in [-0.2, 0) is 0 Å². The zero-order chi connectivity index (χ0) is 23.8. The molecule has 0 aliphatic heterocycles. The molecule has 0 amide bonds. The largest absolute Gasteiger partial charge is 0.623 e. The maximum Gasteiger partial charge on any atom is 0.279 e. The van der Waals surface area contributed by atoms with Gasteiger partial charge in [-0.05, 0) is 48.5 Å². The van der Waals surface area contributed by atoms with E-state index in [0.29, 0.717) is 39.0 Å². The van der Waals surface area contributed by atoms with Gasteiger partial charge in [0.25, 0.3) is 5.56 Å². The Bertz CT molecular complexity index is 1420. The molecular weight excluding hydrogens is 421 g/mol. The number of hydrogen-bond donors (Lipinski definition) is 0. The van der Waals surface area contributed by atoms with Crippen LogP contribution in [0.15, 0.2) is 71.5 Å². The van der Waals surface area contributed by atoms with Crippen molar-refractivity contribution in [3.05, 3.63) is 93.7 Å². The number of methoxy groups -OCH3 is 1. The number of ether oxygens (including phenoxy) is 1. The molecule has 7 heteroatoms. The second-order valence-electron chi connectivity index (χ2n) is 8.67. The molecule has 0 saturated heterocycles. The van der Waals surface area contributed by atoms with Crippen molar-refractivity contribution in [3.63, 3.8) is 0 Å². The molecule has 1 heterocycles. The van der Waals surface area contributed by atoms with Gasteiger partial charge >= 0.3 is 0 Å². The van der Waals surface area contributed by atoms with Crippen molar-refractivity contribution in [2.24, 2.45) is 0 Å². The lowest BCUT2D eigenvalue weighted by atomic mass is 10.0. The quantitative estimate of drug-likeness (QED) is 0.193. The summed E-state index contributed by atoms with van der Waals surface area (Å²) in [5.74, 6) is 0.143. The van der Waals surface area contributed by atoms with Crippen molar-refractivity contribution in [3.8, 4) is 22.7 Å². The molecule has 0 saturated carbocycles. The highest BCUT2D eigenvalue weighted by Gasteiger charge is 2.20. The van der Waals surface area contributed by atoms with E-state index in [1.165, 1.54) is 35.2 Å². The Balaban J connectivity index is 1.98. The highest BCUT2D eigenvalue weighted by molar-refractivity contribution is 5.95. The third-order valence-electron chi connectivity index (χ3n) is 5.30. The molecule has 0 N–H and O–H groups in total. The van der Waals surface area contributed by atoms with Crippen molar-refractivity contribution >= 4 is 17.0 Å². The van der Waals surface area contributed by atoms with Crippen LogP contribution in [0.25, 0.3) is 27.7 Å². The van der Waals surface area contributed by atoms with Crippen molar-refractivity contribution in [2.75, 3.05) is 7.11 Å². The highest BCUT2D eigenvalue weighted by Crippen LogP contribution is 2.29. The minimum absolute atomic E-state index is 0.306. The van der Waals surface area contributed by atoms with E-state index < -0.39 is 11.4 Å². The van der Waals surface area contributed by atoms with Crippen molar-refractivity contribution in [2.45, 2.75) is 26.3 Å². The zero-order valence-electron chi connectivity index (χ0n) is 18.9. The zero-order valence-corrected chi connectivity index (χ0v) is 18.9. The monoisotopic (exact) mass is 445 g/mol. The smallest absolute Gasteiger partial charge is 0.279 e. The van der Waals surface area contributed by atoms with Gasteiger partial charge in [-0.2, -0.15) is 9.78 Å². The first kappa shape index (κ1) is 22.2. The number of fused-ring (bicyclic) bond motifs is 1.